The van der Waals surface area contributed by atoms with Crippen molar-refractivity contribution in [3.8, 4) is 0 Å². The van der Waals surface area contributed by atoms with E-state index in [1.807, 2.05) is 66.7 Å². The summed E-state index contributed by atoms with van der Waals surface area (Å²) in [5, 5.41) is 11.9. The number of amides is 1. The fourth-order valence-electron chi connectivity index (χ4n) is 5.12. The molecule has 38 heavy (non-hydrogen) atoms. The summed E-state index contributed by atoms with van der Waals surface area (Å²) in [4.78, 5) is 31.1. The summed E-state index contributed by atoms with van der Waals surface area (Å²) >= 11 is 0. The van der Waals surface area contributed by atoms with E-state index in [4.69, 9.17) is 4.42 Å². The number of hydrogen-bond donors (Lipinski definition) is 1. The largest absolute Gasteiger partial charge is 0.503 e. The molecule has 4 aromatic rings. The number of hydrogen-bond acceptors (Lipinski definition) is 5. The minimum absolute atomic E-state index is 0.0116. The highest BCUT2D eigenvalue weighted by Crippen LogP contribution is 2.43. The van der Waals surface area contributed by atoms with Gasteiger partial charge in [0.2, 0.25) is 5.78 Å². The van der Waals surface area contributed by atoms with E-state index < -0.39 is 23.5 Å². The van der Waals surface area contributed by atoms with Crippen LogP contribution in [0.1, 0.15) is 61.3 Å². The van der Waals surface area contributed by atoms with Crippen LogP contribution in [0.2, 0.25) is 0 Å². The molecule has 1 N–H and O–H groups in total. The van der Waals surface area contributed by atoms with Gasteiger partial charge in [-0.3, -0.25) is 14.5 Å². The fraction of sp³-hybridized carbons (Fsp3) is 0.250. The fourth-order valence-corrected chi connectivity index (χ4v) is 5.12. The van der Waals surface area contributed by atoms with Gasteiger partial charge in [0.05, 0.1) is 11.6 Å². The first-order chi connectivity index (χ1) is 18.3. The maximum atomic E-state index is 13.8. The van der Waals surface area contributed by atoms with E-state index in [1.165, 1.54) is 4.90 Å². The lowest BCUT2D eigenvalue weighted by molar-refractivity contribution is -0.117. The van der Waals surface area contributed by atoms with Gasteiger partial charge >= 0.3 is 0 Å². The molecule has 194 valence electrons. The predicted octanol–water partition coefficient (Wildman–Crippen LogP) is 7.19. The van der Waals surface area contributed by atoms with Crippen molar-refractivity contribution in [2.24, 2.45) is 0 Å². The lowest BCUT2D eigenvalue weighted by atomic mass is 9.94. The molecule has 6 nitrogen and oxygen atoms in total. The molecule has 0 saturated heterocycles. The first-order valence-electron chi connectivity index (χ1n) is 13.1. The van der Waals surface area contributed by atoms with Crippen molar-refractivity contribution < 1.29 is 19.1 Å². The summed E-state index contributed by atoms with van der Waals surface area (Å²) in [5.74, 6) is -1.26. The predicted molar refractivity (Wildman–Crippen MR) is 151 cm³/mol. The van der Waals surface area contributed by atoms with Gasteiger partial charge in [0.25, 0.3) is 5.91 Å². The molecule has 1 atom stereocenters. The SMILES string of the molecule is CCN(CC)c1ccc(C2C(C(=O)c3cc4ccccc4o3)=C(O)C(=O)N2c2ccc(C(C)C)cc2)cc1. The number of carbonyl (C=O) groups excluding carboxylic acids is 2. The molecule has 1 unspecified atom stereocenters. The van der Waals surface area contributed by atoms with Gasteiger partial charge in [0.15, 0.2) is 11.5 Å². The molecule has 1 aliphatic heterocycles. The molecule has 1 aromatic heterocycles. The Labute approximate surface area is 222 Å². The highest BCUT2D eigenvalue weighted by Gasteiger charge is 2.45. The summed E-state index contributed by atoms with van der Waals surface area (Å²) < 4.78 is 5.84. The minimum Gasteiger partial charge on any atom is -0.503 e. The number of aliphatic hydroxyl groups excluding tert-OH is 1. The summed E-state index contributed by atoms with van der Waals surface area (Å²) in [7, 11) is 0. The van der Waals surface area contributed by atoms with Crippen LogP contribution in [0.15, 0.2) is 94.6 Å². The molecule has 3 aromatic carbocycles. The molecule has 0 spiro atoms. The zero-order valence-electron chi connectivity index (χ0n) is 22.1. The van der Waals surface area contributed by atoms with Crippen LogP contribution in [0.3, 0.4) is 0 Å². The number of aliphatic hydroxyl groups is 1. The molecule has 5 rings (SSSR count). The Morgan fingerprint density at radius 2 is 1.63 bits per heavy atom. The number of para-hydroxylation sites is 1. The highest BCUT2D eigenvalue weighted by atomic mass is 16.3. The van der Waals surface area contributed by atoms with Gasteiger partial charge in [-0.15, -0.1) is 0 Å². The lowest BCUT2D eigenvalue weighted by Crippen LogP contribution is -2.31. The minimum atomic E-state index is -0.807. The molecular weight excluding hydrogens is 476 g/mol. The van der Waals surface area contributed by atoms with Crippen LogP contribution < -0.4 is 9.80 Å². The van der Waals surface area contributed by atoms with E-state index in [1.54, 1.807) is 12.1 Å². The van der Waals surface area contributed by atoms with Crippen molar-refractivity contribution in [2.45, 2.75) is 39.7 Å². The van der Waals surface area contributed by atoms with Crippen LogP contribution in [0, 0.1) is 0 Å². The van der Waals surface area contributed by atoms with Crippen molar-refractivity contribution in [3.63, 3.8) is 0 Å². The van der Waals surface area contributed by atoms with Crippen LogP contribution in [0.25, 0.3) is 11.0 Å². The summed E-state index contributed by atoms with van der Waals surface area (Å²) in [6, 6.07) is 23.7. The standard InChI is InChI=1S/C32H32N2O4/c1-5-33(6-2)24-15-13-22(14-16-24)29-28(30(35)27-19-23-9-7-8-10-26(23)38-27)31(36)32(37)34(29)25-17-11-21(12-18-25)20(3)4/h7-20,29,36H,5-6H2,1-4H3. The number of Topliss-reactive ketones (excluding diaryl/α,β-unsaturated/α-hetero) is 1. The van der Waals surface area contributed by atoms with Gasteiger partial charge in [0.1, 0.15) is 5.58 Å². The lowest BCUT2D eigenvalue weighted by Gasteiger charge is -2.28. The molecular formula is C32H32N2O4. The third-order valence-electron chi connectivity index (χ3n) is 7.28. The van der Waals surface area contributed by atoms with Gasteiger partial charge in [-0.05, 0) is 67.3 Å². The van der Waals surface area contributed by atoms with Gasteiger partial charge < -0.3 is 14.4 Å². The van der Waals surface area contributed by atoms with Crippen LogP contribution >= 0.6 is 0 Å². The summed E-state index contributed by atoms with van der Waals surface area (Å²) in [5.41, 5.74) is 4.10. The molecule has 0 bridgehead atoms. The molecule has 0 fully saturated rings. The topological polar surface area (TPSA) is 74.0 Å². The number of nitrogens with zero attached hydrogens (tertiary/aromatic N) is 2. The molecule has 0 aliphatic carbocycles. The quantitative estimate of drug-likeness (QED) is 0.255. The average molecular weight is 509 g/mol. The Balaban J connectivity index is 1.61. The van der Waals surface area contributed by atoms with Crippen molar-refractivity contribution >= 4 is 34.0 Å². The maximum absolute atomic E-state index is 13.8. The van der Waals surface area contributed by atoms with E-state index >= 15 is 0 Å². The Morgan fingerprint density at radius 3 is 2.24 bits per heavy atom. The number of carbonyl (C=O) groups is 2. The third kappa shape index (κ3) is 4.36. The van der Waals surface area contributed by atoms with Crippen LogP contribution in [-0.2, 0) is 4.79 Å². The molecule has 0 radical (unpaired) electrons. The molecule has 1 aliphatic rings. The number of benzene rings is 3. The van der Waals surface area contributed by atoms with E-state index in [0.29, 0.717) is 17.2 Å². The van der Waals surface area contributed by atoms with Crippen molar-refractivity contribution in [1.29, 1.82) is 0 Å². The molecule has 2 heterocycles. The Kier molecular flexibility index (Phi) is 6.81. The van der Waals surface area contributed by atoms with Crippen LogP contribution in [0.4, 0.5) is 11.4 Å². The molecule has 0 saturated carbocycles. The second-order valence-corrected chi connectivity index (χ2v) is 9.83. The first kappa shape index (κ1) is 25.3. The highest BCUT2D eigenvalue weighted by molar-refractivity contribution is 6.20. The van der Waals surface area contributed by atoms with Crippen molar-refractivity contribution in [3.05, 3.63) is 107 Å². The number of rotatable bonds is 8. The zero-order valence-corrected chi connectivity index (χ0v) is 22.1. The maximum Gasteiger partial charge on any atom is 0.294 e. The van der Waals surface area contributed by atoms with Gasteiger partial charge in [0, 0.05) is 29.9 Å². The van der Waals surface area contributed by atoms with Gasteiger partial charge in [-0.1, -0.05) is 56.3 Å². The third-order valence-corrected chi connectivity index (χ3v) is 7.28. The average Bonchev–Trinajstić information content (AvgIpc) is 3.48. The molecule has 1 amide bonds. The van der Waals surface area contributed by atoms with Crippen LogP contribution in [-0.4, -0.2) is 29.9 Å². The normalized spacial score (nSPS) is 15.7. The zero-order chi connectivity index (χ0) is 27.0. The van der Waals surface area contributed by atoms with Crippen molar-refractivity contribution in [2.75, 3.05) is 22.9 Å². The van der Waals surface area contributed by atoms with E-state index in [0.717, 1.165) is 35.3 Å². The monoisotopic (exact) mass is 508 g/mol. The second-order valence-electron chi connectivity index (χ2n) is 9.83. The summed E-state index contributed by atoms with van der Waals surface area (Å²) in [6.07, 6.45) is 0. The van der Waals surface area contributed by atoms with E-state index in [-0.39, 0.29) is 11.3 Å². The second kappa shape index (κ2) is 10.2. The smallest absolute Gasteiger partial charge is 0.294 e. The van der Waals surface area contributed by atoms with Crippen LogP contribution in [0.5, 0.6) is 0 Å². The number of furan rings is 1. The Hall–Kier alpha value is -4.32. The van der Waals surface area contributed by atoms with Gasteiger partial charge in [-0.25, -0.2) is 0 Å². The van der Waals surface area contributed by atoms with Gasteiger partial charge in [-0.2, -0.15) is 0 Å². The molecule has 6 heteroatoms. The first-order valence-corrected chi connectivity index (χ1v) is 13.1. The Bertz CT molecular complexity index is 1480. The van der Waals surface area contributed by atoms with Crippen molar-refractivity contribution in [1.82, 2.24) is 0 Å². The van der Waals surface area contributed by atoms with E-state index in [9.17, 15) is 14.7 Å². The number of ketones is 1. The van der Waals surface area contributed by atoms with E-state index in [2.05, 4.69) is 32.6 Å². The Morgan fingerprint density at radius 1 is 0.974 bits per heavy atom. The number of fused-ring (bicyclic) bond motifs is 1. The number of anilines is 2. The summed E-state index contributed by atoms with van der Waals surface area (Å²) in [6.45, 7) is 10.1.